The van der Waals surface area contributed by atoms with Gasteiger partial charge in [0.15, 0.2) is 0 Å². The van der Waals surface area contributed by atoms with Gasteiger partial charge in [0.1, 0.15) is 16.8 Å². The van der Waals surface area contributed by atoms with Crippen LogP contribution in [0, 0.1) is 13.8 Å². The molecular formula is C24H41S+. The average molecular weight is 362 g/mol. The van der Waals surface area contributed by atoms with Gasteiger partial charge >= 0.3 is 0 Å². The molecule has 2 rings (SSSR count). The average Bonchev–Trinajstić information content (AvgIpc) is 3.05. The third-order valence-corrected chi connectivity index (χ3v) is 8.73. The maximum Gasteiger partial charge on any atom is 0.143 e. The lowest BCUT2D eigenvalue weighted by Crippen LogP contribution is -2.14. The molecule has 1 aliphatic heterocycles. The molecule has 1 aromatic carbocycles. The second-order valence-electron chi connectivity index (χ2n) is 8.12. The van der Waals surface area contributed by atoms with Crippen LogP contribution >= 0.6 is 0 Å². The summed E-state index contributed by atoms with van der Waals surface area (Å²) >= 11 is 0. The second-order valence-corrected chi connectivity index (χ2v) is 10.6. The SMILES string of the molecule is CCCCCCCCCCCC[S+]1CCCC1c1ccc(C)cc1C. The Bertz CT molecular complexity index is 479. The number of hydrogen-bond acceptors (Lipinski definition) is 0. The molecule has 2 unspecified atom stereocenters. The molecule has 0 aromatic heterocycles. The number of rotatable bonds is 12. The van der Waals surface area contributed by atoms with E-state index in [1.807, 2.05) is 0 Å². The van der Waals surface area contributed by atoms with Gasteiger partial charge in [-0.05, 0) is 49.6 Å². The van der Waals surface area contributed by atoms with E-state index in [-0.39, 0.29) is 0 Å². The van der Waals surface area contributed by atoms with Crippen molar-refractivity contribution in [3.8, 4) is 0 Å². The van der Waals surface area contributed by atoms with Gasteiger partial charge in [-0.15, -0.1) is 0 Å². The summed E-state index contributed by atoms with van der Waals surface area (Å²) in [5.74, 6) is 2.99. The van der Waals surface area contributed by atoms with Crippen LogP contribution in [0.5, 0.6) is 0 Å². The maximum atomic E-state index is 2.43. The van der Waals surface area contributed by atoms with Gasteiger partial charge in [0.2, 0.25) is 0 Å². The first kappa shape index (κ1) is 20.9. The molecule has 1 saturated heterocycles. The van der Waals surface area contributed by atoms with Crippen molar-refractivity contribution in [1.82, 2.24) is 0 Å². The van der Waals surface area contributed by atoms with Crippen molar-refractivity contribution >= 4 is 10.9 Å². The molecule has 0 saturated carbocycles. The smallest absolute Gasteiger partial charge is 0.0654 e. The van der Waals surface area contributed by atoms with E-state index >= 15 is 0 Å². The molecule has 25 heavy (non-hydrogen) atoms. The first-order valence-electron chi connectivity index (χ1n) is 11.0. The van der Waals surface area contributed by atoms with E-state index in [2.05, 4.69) is 39.0 Å². The standard InChI is InChI=1S/C24H41S/c1-4-5-6-7-8-9-10-11-12-13-18-25-19-14-15-24(25)23-17-16-21(2)20-22(23)3/h16-17,20,24H,4-15,18-19H2,1-3H3/q+1. The fraction of sp³-hybridized carbons (Fsp3) is 0.750. The zero-order valence-electron chi connectivity index (χ0n) is 17.1. The lowest BCUT2D eigenvalue weighted by molar-refractivity contribution is 0.563. The zero-order valence-corrected chi connectivity index (χ0v) is 17.9. The largest absolute Gasteiger partial charge is 0.143 e. The lowest BCUT2D eigenvalue weighted by Gasteiger charge is -2.15. The number of aryl methyl sites for hydroxylation is 2. The Morgan fingerprint density at radius 2 is 1.52 bits per heavy atom. The van der Waals surface area contributed by atoms with E-state index in [1.165, 1.54) is 99.7 Å². The van der Waals surface area contributed by atoms with Crippen molar-refractivity contribution in [2.45, 2.75) is 103 Å². The van der Waals surface area contributed by atoms with Gasteiger partial charge in [-0.2, -0.15) is 0 Å². The van der Waals surface area contributed by atoms with Crippen LogP contribution in [0.25, 0.3) is 0 Å². The van der Waals surface area contributed by atoms with Gasteiger partial charge in [0.05, 0.1) is 0 Å². The third-order valence-electron chi connectivity index (χ3n) is 5.81. The van der Waals surface area contributed by atoms with Crippen molar-refractivity contribution in [2.24, 2.45) is 0 Å². The summed E-state index contributed by atoms with van der Waals surface area (Å²) in [7, 11) is 0.654. The lowest BCUT2D eigenvalue weighted by atomic mass is 10.0. The topological polar surface area (TPSA) is 0 Å². The minimum Gasteiger partial charge on any atom is -0.0654 e. The van der Waals surface area contributed by atoms with Crippen LogP contribution in [-0.2, 0) is 10.9 Å². The highest BCUT2D eigenvalue weighted by Gasteiger charge is 2.37. The molecule has 0 radical (unpaired) electrons. The van der Waals surface area contributed by atoms with Gasteiger partial charge in [-0.25, -0.2) is 0 Å². The summed E-state index contributed by atoms with van der Waals surface area (Å²) in [5, 5.41) is 0.874. The monoisotopic (exact) mass is 361 g/mol. The van der Waals surface area contributed by atoms with E-state index < -0.39 is 0 Å². The summed E-state index contributed by atoms with van der Waals surface area (Å²) in [6.07, 6.45) is 17.4. The van der Waals surface area contributed by atoms with Crippen LogP contribution in [-0.4, -0.2) is 11.5 Å². The Balaban J connectivity index is 1.60. The van der Waals surface area contributed by atoms with Crippen LogP contribution in [0.3, 0.4) is 0 Å². The molecule has 2 atom stereocenters. The number of hydrogen-bond donors (Lipinski definition) is 0. The molecule has 1 heterocycles. The molecule has 1 aliphatic rings. The van der Waals surface area contributed by atoms with Gasteiger partial charge in [-0.1, -0.05) is 82.1 Å². The summed E-state index contributed by atoms with van der Waals surface area (Å²) < 4.78 is 0. The summed E-state index contributed by atoms with van der Waals surface area (Å²) in [6.45, 7) is 6.84. The number of benzene rings is 1. The summed E-state index contributed by atoms with van der Waals surface area (Å²) in [4.78, 5) is 0. The Hall–Kier alpha value is -0.430. The van der Waals surface area contributed by atoms with Crippen LogP contribution in [0.4, 0.5) is 0 Å². The van der Waals surface area contributed by atoms with Gasteiger partial charge in [0, 0.05) is 12.0 Å². The normalized spacial score (nSPS) is 20.3. The number of unbranched alkanes of at least 4 members (excludes halogenated alkanes) is 9. The minimum atomic E-state index is 0.654. The predicted molar refractivity (Wildman–Crippen MR) is 117 cm³/mol. The first-order valence-corrected chi connectivity index (χ1v) is 12.6. The fourth-order valence-corrected chi connectivity index (χ4v) is 7.31. The predicted octanol–water partition coefficient (Wildman–Crippen LogP) is 7.68. The highest BCUT2D eigenvalue weighted by Crippen LogP contribution is 2.38. The highest BCUT2D eigenvalue weighted by atomic mass is 32.2. The molecule has 1 aromatic rings. The van der Waals surface area contributed by atoms with Crippen LogP contribution in [0.15, 0.2) is 18.2 Å². The fourth-order valence-electron chi connectivity index (χ4n) is 4.30. The summed E-state index contributed by atoms with van der Waals surface area (Å²) in [6, 6.07) is 7.14. The molecule has 1 fully saturated rings. The van der Waals surface area contributed by atoms with E-state index in [0.717, 1.165) is 5.25 Å². The molecule has 0 bridgehead atoms. The molecule has 0 spiro atoms. The Labute approximate surface area is 160 Å². The maximum absolute atomic E-state index is 2.43. The van der Waals surface area contributed by atoms with Gasteiger partial charge in [-0.3, -0.25) is 0 Å². The van der Waals surface area contributed by atoms with Crippen LogP contribution in [0.1, 0.15) is 106 Å². The zero-order chi connectivity index (χ0) is 17.9. The Morgan fingerprint density at radius 3 is 2.16 bits per heavy atom. The first-order chi connectivity index (χ1) is 12.2. The van der Waals surface area contributed by atoms with Crippen molar-refractivity contribution in [3.05, 3.63) is 34.9 Å². The molecular weight excluding hydrogens is 320 g/mol. The highest BCUT2D eigenvalue weighted by molar-refractivity contribution is 7.97. The van der Waals surface area contributed by atoms with Crippen molar-refractivity contribution in [3.63, 3.8) is 0 Å². The quantitative estimate of drug-likeness (QED) is 0.264. The molecule has 0 aliphatic carbocycles. The molecule has 0 nitrogen and oxygen atoms in total. The summed E-state index contributed by atoms with van der Waals surface area (Å²) in [5.41, 5.74) is 4.61. The second kappa shape index (κ2) is 12.0. The van der Waals surface area contributed by atoms with Gasteiger partial charge < -0.3 is 0 Å². The molecule has 1 heteroatoms. The van der Waals surface area contributed by atoms with Crippen LogP contribution in [0.2, 0.25) is 0 Å². The van der Waals surface area contributed by atoms with Gasteiger partial charge in [0.25, 0.3) is 0 Å². The van der Waals surface area contributed by atoms with Crippen molar-refractivity contribution < 1.29 is 0 Å². The van der Waals surface area contributed by atoms with Crippen LogP contribution < -0.4 is 0 Å². The third kappa shape index (κ3) is 7.37. The minimum absolute atomic E-state index is 0.654. The Kier molecular flexibility index (Phi) is 10.1. The Morgan fingerprint density at radius 1 is 0.880 bits per heavy atom. The van der Waals surface area contributed by atoms with E-state index in [0.29, 0.717) is 10.9 Å². The van der Waals surface area contributed by atoms with Crippen molar-refractivity contribution in [1.29, 1.82) is 0 Å². The van der Waals surface area contributed by atoms with E-state index in [4.69, 9.17) is 0 Å². The van der Waals surface area contributed by atoms with E-state index in [9.17, 15) is 0 Å². The van der Waals surface area contributed by atoms with E-state index in [1.54, 1.807) is 5.56 Å². The molecule has 0 amide bonds. The molecule has 0 N–H and O–H groups in total. The molecule has 142 valence electrons. The van der Waals surface area contributed by atoms with Crippen molar-refractivity contribution in [2.75, 3.05) is 11.5 Å².